The Bertz CT molecular complexity index is 468. The van der Waals surface area contributed by atoms with Gasteiger partial charge in [-0.25, -0.2) is 0 Å². The van der Waals surface area contributed by atoms with Gasteiger partial charge in [0.1, 0.15) is 0 Å². The fraction of sp³-hybridized carbons (Fsp3) is 0.533. The minimum Gasteiger partial charge on any atom is -0.311 e. The summed E-state index contributed by atoms with van der Waals surface area (Å²) in [6.07, 6.45) is 2.00. The number of amides is 1. The van der Waals surface area contributed by atoms with Crippen LogP contribution >= 0.6 is 11.6 Å². The fourth-order valence-electron chi connectivity index (χ4n) is 2.63. The quantitative estimate of drug-likeness (QED) is 0.766. The van der Waals surface area contributed by atoms with Gasteiger partial charge in [-0.15, -0.1) is 11.6 Å². The maximum atomic E-state index is 11.7. The molecule has 0 atom stereocenters. The van der Waals surface area contributed by atoms with Crippen LogP contribution in [0.15, 0.2) is 18.2 Å². The molecule has 1 aliphatic rings. The summed E-state index contributed by atoms with van der Waals surface area (Å²) in [7, 11) is 0. The van der Waals surface area contributed by atoms with Crippen LogP contribution in [-0.2, 0) is 16.6 Å². The molecule has 0 spiro atoms. The van der Waals surface area contributed by atoms with Gasteiger partial charge in [0.05, 0.1) is 0 Å². The third-order valence-corrected chi connectivity index (χ3v) is 3.88. The number of hydrogen-bond donors (Lipinski definition) is 0. The second kappa shape index (κ2) is 4.93. The topological polar surface area (TPSA) is 20.3 Å². The number of anilines is 1. The Kier molecular flexibility index (Phi) is 3.67. The molecule has 0 aromatic heterocycles. The summed E-state index contributed by atoms with van der Waals surface area (Å²) in [5.74, 6) is 0.815. The van der Waals surface area contributed by atoms with E-state index in [9.17, 15) is 4.79 Å². The SMILES string of the molecule is CC(=O)N1CC(C)(C)c2cc(CCCCl)ccc21. The number of rotatable bonds is 3. The lowest BCUT2D eigenvalue weighted by Crippen LogP contribution is -2.31. The van der Waals surface area contributed by atoms with Crippen LogP contribution < -0.4 is 4.90 Å². The van der Waals surface area contributed by atoms with Crippen LogP contribution in [0, 0.1) is 0 Å². The first kappa shape index (κ1) is 13.4. The molecule has 0 fully saturated rings. The Morgan fingerprint density at radius 1 is 1.44 bits per heavy atom. The summed E-state index contributed by atoms with van der Waals surface area (Å²) in [6.45, 7) is 6.80. The van der Waals surface area contributed by atoms with E-state index in [4.69, 9.17) is 11.6 Å². The lowest BCUT2D eigenvalue weighted by molar-refractivity contribution is -0.116. The van der Waals surface area contributed by atoms with Crippen LogP contribution in [0.25, 0.3) is 0 Å². The van der Waals surface area contributed by atoms with Crippen LogP contribution in [0.2, 0.25) is 0 Å². The van der Waals surface area contributed by atoms with Crippen molar-refractivity contribution in [1.82, 2.24) is 0 Å². The van der Waals surface area contributed by atoms with E-state index in [0.717, 1.165) is 25.1 Å². The van der Waals surface area contributed by atoms with Crippen LogP contribution in [-0.4, -0.2) is 18.3 Å². The van der Waals surface area contributed by atoms with Crippen molar-refractivity contribution >= 4 is 23.2 Å². The third kappa shape index (κ3) is 2.39. The van der Waals surface area contributed by atoms with Crippen molar-refractivity contribution in [1.29, 1.82) is 0 Å². The van der Waals surface area contributed by atoms with E-state index < -0.39 is 0 Å². The Morgan fingerprint density at radius 2 is 2.17 bits per heavy atom. The number of halogens is 1. The second-order valence-corrected chi connectivity index (χ2v) is 6.01. The highest BCUT2D eigenvalue weighted by molar-refractivity contribution is 6.17. The number of aryl methyl sites for hydroxylation is 1. The molecule has 0 aliphatic carbocycles. The predicted octanol–water partition coefficient (Wildman–Crippen LogP) is 3.50. The average Bonchev–Trinajstić information content (AvgIpc) is 2.59. The van der Waals surface area contributed by atoms with Gasteiger partial charge < -0.3 is 4.90 Å². The highest BCUT2D eigenvalue weighted by Gasteiger charge is 2.36. The molecule has 0 radical (unpaired) electrons. The normalized spacial score (nSPS) is 16.8. The predicted molar refractivity (Wildman–Crippen MR) is 76.5 cm³/mol. The number of hydrogen-bond acceptors (Lipinski definition) is 1. The van der Waals surface area contributed by atoms with E-state index in [1.807, 2.05) is 4.90 Å². The molecular formula is C15H20ClNO. The Labute approximate surface area is 114 Å². The average molecular weight is 266 g/mol. The van der Waals surface area contributed by atoms with Gasteiger partial charge in [-0.1, -0.05) is 26.0 Å². The first-order valence-electron chi connectivity index (χ1n) is 6.43. The van der Waals surface area contributed by atoms with Crippen molar-refractivity contribution in [2.24, 2.45) is 0 Å². The lowest BCUT2D eigenvalue weighted by atomic mass is 9.86. The maximum Gasteiger partial charge on any atom is 0.223 e. The van der Waals surface area contributed by atoms with E-state index in [1.165, 1.54) is 11.1 Å². The summed E-state index contributed by atoms with van der Waals surface area (Å²) >= 11 is 5.74. The van der Waals surface area contributed by atoms with Crippen molar-refractivity contribution in [3.05, 3.63) is 29.3 Å². The molecule has 3 heteroatoms. The maximum absolute atomic E-state index is 11.7. The monoisotopic (exact) mass is 265 g/mol. The molecular weight excluding hydrogens is 246 g/mol. The first-order valence-corrected chi connectivity index (χ1v) is 6.96. The standard InChI is InChI=1S/C15H20ClNO/c1-11(18)17-10-15(2,3)13-9-12(5-4-8-16)6-7-14(13)17/h6-7,9H,4-5,8,10H2,1-3H3. The largest absolute Gasteiger partial charge is 0.311 e. The lowest BCUT2D eigenvalue weighted by Gasteiger charge is -2.19. The van der Waals surface area contributed by atoms with Crippen LogP contribution in [0.3, 0.4) is 0 Å². The molecule has 1 heterocycles. The number of benzene rings is 1. The van der Waals surface area contributed by atoms with Crippen molar-refractivity contribution in [3.63, 3.8) is 0 Å². The first-order chi connectivity index (χ1) is 8.45. The summed E-state index contributed by atoms with van der Waals surface area (Å²) in [5.41, 5.74) is 3.71. The van der Waals surface area contributed by atoms with Gasteiger partial charge in [0.25, 0.3) is 0 Å². The molecule has 1 amide bonds. The molecule has 2 nitrogen and oxygen atoms in total. The van der Waals surface area contributed by atoms with Gasteiger partial charge in [0.2, 0.25) is 5.91 Å². The van der Waals surface area contributed by atoms with Gasteiger partial charge in [0, 0.05) is 30.5 Å². The zero-order chi connectivity index (χ0) is 13.3. The van der Waals surface area contributed by atoms with Crippen LogP contribution in [0.1, 0.15) is 38.3 Å². The molecule has 98 valence electrons. The highest BCUT2D eigenvalue weighted by atomic mass is 35.5. The molecule has 0 unspecified atom stereocenters. The second-order valence-electron chi connectivity index (χ2n) is 5.63. The van der Waals surface area contributed by atoms with Gasteiger partial charge in [-0.2, -0.15) is 0 Å². The molecule has 1 aromatic carbocycles. The molecule has 18 heavy (non-hydrogen) atoms. The van der Waals surface area contributed by atoms with E-state index >= 15 is 0 Å². The summed E-state index contributed by atoms with van der Waals surface area (Å²) in [4.78, 5) is 13.5. The third-order valence-electron chi connectivity index (χ3n) is 3.61. The van der Waals surface area contributed by atoms with Crippen LogP contribution in [0.4, 0.5) is 5.69 Å². The number of carbonyl (C=O) groups excluding carboxylic acids is 1. The molecule has 0 saturated heterocycles. The molecule has 0 N–H and O–H groups in total. The minimum absolute atomic E-state index is 0.0397. The molecule has 2 rings (SSSR count). The van der Waals surface area contributed by atoms with Gasteiger partial charge in [-0.05, 0) is 30.0 Å². The van der Waals surface area contributed by atoms with Crippen molar-refractivity contribution < 1.29 is 4.79 Å². The highest BCUT2D eigenvalue weighted by Crippen LogP contribution is 2.41. The summed E-state index contributed by atoms with van der Waals surface area (Å²) in [6, 6.07) is 6.43. The van der Waals surface area contributed by atoms with Crippen LogP contribution in [0.5, 0.6) is 0 Å². The van der Waals surface area contributed by atoms with Gasteiger partial charge in [-0.3, -0.25) is 4.79 Å². The summed E-state index contributed by atoms with van der Waals surface area (Å²) in [5, 5.41) is 0. The van der Waals surface area contributed by atoms with E-state index in [2.05, 4.69) is 32.0 Å². The fourth-order valence-corrected chi connectivity index (χ4v) is 2.77. The zero-order valence-electron chi connectivity index (χ0n) is 11.3. The Morgan fingerprint density at radius 3 is 2.78 bits per heavy atom. The molecule has 0 saturated carbocycles. The Hall–Kier alpha value is -1.02. The number of nitrogens with zero attached hydrogens (tertiary/aromatic N) is 1. The zero-order valence-corrected chi connectivity index (χ0v) is 12.0. The molecule has 0 bridgehead atoms. The molecule has 1 aliphatic heterocycles. The van der Waals surface area contributed by atoms with Crippen molar-refractivity contribution in [2.45, 2.75) is 39.0 Å². The van der Waals surface area contributed by atoms with Gasteiger partial charge >= 0.3 is 0 Å². The van der Waals surface area contributed by atoms with Crippen molar-refractivity contribution in [2.75, 3.05) is 17.3 Å². The number of fused-ring (bicyclic) bond motifs is 1. The minimum atomic E-state index is 0.0397. The van der Waals surface area contributed by atoms with E-state index in [1.54, 1.807) is 6.92 Å². The number of alkyl halides is 1. The summed E-state index contributed by atoms with van der Waals surface area (Å²) < 4.78 is 0. The number of carbonyl (C=O) groups is 1. The molecule has 1 aromatic rings. The van der Waals surface area contributed by atoms with E-state index in [0.29, 0.717) is 5.88 Å². The van der Waals surface area contributed by atoms with Gasteiger partial charge in [0.15, 0.2) is 0 Å². The van der Waals surface area contributed by atoms with E-state index in [-0.39, 0.29) is 11.3 Å². The van der Waals surface area contributed by atoms with Crippen molar-refractivity contribution in [3.8, 4) is 0 Å². The smallest absolute Gasteiger partial charge is 0.223 e. The Balaban J connectivity index is 2.36.